The molecule has 0 aromatic carbocycles. The smallest absolute Gasteiger partial charge is 0.165 e. The maximum absolute atomic E-state index is 9.57. The summed E-state index contributed by atoms with van der Waals surface area (Å²) in [4.78, 5) is 4.80. The second-order valence-electron chi connectivity index (χ2n) is 6.11. The molecule has 8 nitrogen and oxygen atoms in total. The van der Waals surface area contributed by atoms with Gasteiger partial charge in [0.05, 0.1) is 18.1 Å². The van der Waals surface area contributed by atoms with E-state index in [1.54, 1.807) is 21.6 Å². The average molecular weight is 322 g/mol. The largest absolute Gasteiger partial charge is 0.382 e. The van der Waals surface area contributed by atoms with Gasteiger partial charge in [-0.3, -0.25) is 4.68 Å². The lowest BCUT2D eigenvalue weighted by atomic mass is 9.93. The van der Waals surface area contributed by atoms with E-state index in [-0.39, 0.29) is 5.92 Å². The molecule has 3 aromatic rings. The summed E-state index contributed by atoms with van der Waals surface area (Å²) in [6.45, 7) is 1.82. The molecular weight excluding hydrogens is 304 g/mol. The van der Waals surface area contributed by atoms with E-state index in [4.69, 9.17) is 10.7 Å². The van der Waals surface area contributed by atoms with Crippen LogP contribution >= 0.6 is 0 Å². The van der Waals surface area contributed by atoms with Crippen LogP contribution in [0, 0.1) is 11.3 Å². The van der Waals surface area contributed by atoms with Crippen molar-refractivity contribution in [2.75, 3.05) is 18.8 Å². The van der Waals surface area contributed by atoms with Gasteiger partial charge in [0, 0.05) is 36.8 Å². The molecule has 1 atom stereocenters. The van der Waals surface area contributed by atoms with Gasteiger partial charge in [-0.1, -0.05) is 0 Å². The van der Waals surface area contributed by atoms with Gasteiger partial charge in [0.25, 0.3) is 0 Å². The SMILES string of the molecule is Cn1cc(-c2cnn3c(N)c(C#N)c(C4CCCNC4)nc23)cn1. The Hall–Kier alpha value is -2.92. The van der Waals surface area contributed by atoms with Crippen LogP contribution in [-0.2, 0) is 7.05 Å². The maximum atomic E-state index is 9.57. The number of anilines is 1. The summed E-state index contributed by atoms with van der Waals surface area (Å²) in [5, 5.41) is 21.5. The highest BCUT2D eigenvalue weighted by Gasteiger charge is 2.25. The average Bonchev–Trinajstić information content (AvgIpc) is 3.21. The van der Waals surface area contributed by atoms with Gasteiger partial charge in [-0.25, -0.2) is 4.98 Å². The summed E-state index contributed by atoms with van der Waals surface area (Å²) in [5.74, 6) is 0.538. The number of nitriles is 1. The number of hydrogen-bond acceptors (Lipinski definition) is 6. The van der Waals surface area contributed by atoms with Crippen LogP contribution in [0.2, 0.25) is 0 Å². The normalized spacial score (nSPS) is 17.9. The van der Waals surface area contributed by atoms with Gasteiger partial charge < -0.3 is 11.1 Å². The predicted molar refractivity (Wildman–Crippen MR) is 89.2 cm³/mol. The molecule has 1 fully saturated rings. The van der Waals surface area contributed by atoms with Crippen molar-refractivity contribution in [3.8, 4) is 17.2 Å². The van der Waals surface area contributed by atoms with Gasteiger partial charge in [0.2, 0.25) is 0 Å². The summed E-state index contributed by atoms with van der Waals surface area (Å²) in [6, 6.07) is 2.21. The minimum atomic E-state index is 0.192. The first kappa shape index (κ1) is 14.7. The molecule has 0 spiro atoms. The van der Waals surface area contributed by atoms with Crippen molar-refractivity contribution in [2.24, 2.45) is 7.05 Å². The quantitative estimate of drug-likeness (QED) is 0.730. The number of rotatable bonds is 2. The number of nitrogens with one attached hydrogen (secondary N) is 1. The second kappa shape index (κ2) is 5.62. The molecular formula is C16H18N8. The molecule has 3 N–H and O–H groups in total. The summed E-state index contributed by atoms with van der Waals surface area (Å²) in [6.07, 6.45) is 7.47. The van der Waals surface area contributed by atoms with Gasteiger partial charge in [-0.05, 0) is 19.4 Å². The number of nitrogens with zero attached hydrogens (tertiary/aromatic N) is 6. The minimum Gasteiger partial charge on any atom is -0.382 e. The Morgan fingerprint density at radius 1 is 1.38 bits per heavy atom. The van der Waals surface area contributed by atoms with E-state index in [1.807, 2.05) is 13.2 Å². The predicted octanol–water partition coefficient (Wildman–Crippen LogP) is 1.05. The number of hydrogen-bond donors (Lipinski definition) is 2. The third kappa shape index (κ3) is 2.21. The van der Waals surface area contributed by atoms with Crippen molar-refractivity contribution in [1.82, 2.24) is 29.7 Å². The van der Waals surface area contributed by atoms with E-state index in [2.05, 4.69) is 21.6 Å². The molecule has 1 aliphatic heterocycles. The van der Waals surface area contributed by atoms with Crippen LogP contribution in [-0.4, -0.2) is 37.5 Å². The Kier molecular flexibility index (Phi) is 3.43. The third-order valence-electron chi connectivity index (χ3n) is 4.52. The number of piperidine rings is 1. The van der Waals surface area contributed by atoms with E-state index in [0.717, 1.165) is 42.8 Å². The number of aryl methyl sites for hydroxylation is 1. The third-order valence-corrected chi connectivity index (χ3v) is 4.52. The van der Waals surface area contributed by atoms with E-state index in [0.29, 0.717) is 17.0 Å². The summed E-state index contributed by atoms with van der Waals surface area (Å²) in [7, 11) is 1.86. The fourth-order valence-corrected chi connectivity index (χ4v) is 3.29. The van der Waals surface area contributed by atoms with Gasteiger partial charge in [-0.2, -0.15) is 20.0 Å². The highest BCUT2D eigenvalue weighted by Crippen LogP contribution is 2.31. The lowest BCUT2D eigenvalue weighted by Crippen LogP contribution is -2.29. The molecule has 0 radical (unpaired) electrons. The molecule has 8 heteroatoms. The number of nitrogens with two attached hydrogens (primary N) is 1. The zero-order valence-electron chi connectivity index (χ0n) is 13.4. The van der Waals surface area contributed by atoms with Crippen molar-refractivity contribution in [1.29, 1.82) is 5.26 Å². The zero-order chi connectivity index (χ0) is 16.7. The van der Waals surface area contributed by atoms with Crippen LogP contribution in [0.15, 0.2) is 18.6 Å². The van der Waals surface area contributed by atoms with Crippen LogP contribution in [0.5, 0.6) is 0 Å². The molecule has 122 valence electrons. The van der Waals surface area contributed by atoms with Gasteiger partial charge >= 0.3 is 0 Å². The van der Waals surface area contributed by atoms with Crippen molar-refractivity contribution in [2.45, 2.75) is 18.8 Å². The Bertz CT molecular complexity index is 939. The summed E-state index contributed by atoms with van der Waals surface area (Å²) >= 11 is 0. The molecule has 1 aliphatic rings. The minimum absolute atomic E-state index is 0.192. The van der Waals surface area contributed by atoms with Crippen molar-refractivity contribution in [3.05, 3.63) is 29.8 Å². The molecule has 4 rings (SSSR count). The van der Waals surface area contributed by atoms with E-state index in [9.17, 15) is 5.26 Å². The summed E-state index contributed by atoms with van der Waals surface area (Å²) < 4.78 is 3.28. The van der Waals surface area contributed by atoms with Crippen molar-refractivity contribution >= 4 is 11.5 Å². The standard InChI is InChI=1S/C16H18N8/c1-23-9-11(7-20-23)13-8-21-24-15(18)12(5-17)14(22-16(13)24)10-3-2-4-19-6-10/h7-10,19H,2-4,6,18H2,1H3. The highest BCUT2D eigenvalue weighted by molar-refractivity contribution is 5.78. The van der Waals surface area contributed by atoms with Crippen LogP contribution in [0.25, 0.3) is 16.8 Å². The Morgan fingerprint density at radius 2 is 2.25 bits per heavy atom. The fraction of sp³-hybridized carbons (Fsp3) is 0.375. The number of fused-ring (bicyclic) bond motifs is 1. The van der Waals surface area contributed by atoms with Gasteiger partial charge in [-0.15, -0.1) is 0 Å². The van der Waals surface area contributed by atoms with Crippen molar-refractivity contribution < 1.29 is 0 Å². The molecule has 24 heavy (non-hydrogen) atoms. The van der Waals surface area contributed by atoms with Crippen LogP contribution < -0.4 is 11.1 Å². The zero-order valence-corrected chi connectivity index (χ0v) is 13.4. The monoisotopic (exact) mass is 322 g/mol. The molecule has 3 aromatic heterocycles. The van der Waals surface area contributed by atoms with E-state index >= 15 is 0 Å². The van der Waals surface area contributed by atoms with Crippen LogP contribution in [0.3, 0.4) is 0 Å². The molecule has 0 aliphatic carbocycles. The molecule has 4 heterocycles. The molecule has 0 amide bonds. The number of aromatic nitrogens is 5. The molecule has 1 saturated heterocycles. The fourth-order valence-electron chi connectivity index (χ4n) is 3.29. The van der Waals surface area contributed by atoms with E-state index in [1.165, 1.54) is 0 Å². The Balaban J connectivity index is 1.93. The maximum Gasteiger partial charge on any atom is 0.165 e. The Morgan fingerprint density at radius 3 is 2.92 bits per heavy atom. The second-order valence-corrected chi connectivity index (χ2v) is 6.11. The molecule has 0 saturated carbocycles. The van der Waals surface area contributed by atoms with Crippen molar-refractivity contribution in [3.63, 3.8) is 0 Å². The topological polar surface area (TPSA) is 110 Å². The highest BCUT2D eigenvalue weighted by atomic mass is 15.3. The summed E-state index contributed by atoms with van der Waals surface area (Å²) in [5.41, 5.74) is 9.88. The van der Waals surface area contributed by atoms with E-state index < -0.39 is 0 Å². The first-order chi connectivity index (χ1) is 11.7. The first-order valence-corrected chi connectivity index (χ1v) is 7.96. The lowest BCUT2D eigenvalue weighted by molar-refractivity contribution is 0.454. The lowest BCUT2D eigenvalue weighted by Gasteiger charge is -2.23. The van der Waals surface area contributed by atoms with Crippen LogP contribution in [0.4, 0.5) is 5.82 Å². The van der Waals surface area contributed by atoms with Crippen LogP contribution in [0.1, 0.15) is 30.0 Å². The Labute approximate surface area is 138 Å². The van der Waals surface area contributed by atoms with Gasteiger partial charge in [0.15, 0.2) is 5.65 Å². The molecule has 0 bridgehead atoms. The molecule has 1 unspecified atom stereocenters. The number of nitrogen functional groups attached to an aromatic ring is 1. The van der Waals surface area contributed by atoms with Gasteiger partial charge in [0.1, 0.15) is 17.5 Å². The first-order valence-electron chi connectivity index (χ1n) is 7.96.